The van der Waals surface area contributed by atoms with Gasteiger partial charge < -0.3 is 9.32 Å². The maximum atomic E-state index is 11.6. The average Bonchev–Trinajstić information content (AvgIpc) is 2.15. The van der Waals surface area contributed by atoms with Gasteiger partial charge in [-0.05, 0) is 18.2 Å². The van der Waals surface area contributed by atoms with E-state index in [0.29, 0.717) is 11.3 Å². The highest BCUT2D eigenvalue weighted by atomic mass is 79.9. The van der Waals surface area contributed by atoms with Crippen molar-refractivity contribution in [1.82, 2.24) is 0 Å². The highest BCUT2D eigenvalue weighted by Crippen LogP contribution is 2.21. The fourth-order valence-electron chi connectivity index (χ4n) is 1.39. The molecule has 0 spiro atoms. The number of fused-ring (bicyclic) bond motifs is 1. The van der Waals surface area contributed by atoms with Gasteiger partial charge in [-0.25, -0.2) is 4.79 Å². The normalized spacial score (nSPS) is 10.6. The molecule has 0 saturated heterocycles. The molecule has 0 bridgehead atoms. The predicted molar refractivity (Wildman–Crippen MR) is 64.5 cm³/mol. The van der Waals surface area contributed by atoms with Crippen LogP contribution in [0.1, 0.15) is 0 Å². The minimum atomic E-state index is -0.314. The van der Waals surface area contributed by atoms with E-state index in [9.17, 15) is 4.79 Å². The molecule has 4 heteroatoms. The van der Waals surface area contributed by atoms with Crippen LogP contribution in [0.2, 0.25) is 0 Å². The quantitative estimate of drug-likeness (QED) is 0.745. The van der Waals surface area contributed by atoms with Gasteiger partial charge in [0.05, 0.1) is 0 Å². The van der Waals surface area contributed by atoms with Crippen molar-refractivity contribution in [2.75, 3.05) is 19.0 Å². The molecule has 0 N–H and O–H groups in total. The smallest absolute Gasteiger partial charge is 0.360 e. The van der Waals surface area contributed by atoms with Crippen LogP contribution in [-0.2, 0) is 0 Å². The summed E-state index contributed by atoms with van der Waals surface area (Å²) in [4.78, 5) is 13.3. The summed E-state index contributed by atoms with van der Waals surface area (Å²) in [5.74, 6) is 0. The molecule has 0 atom stereocenters. The molecule has 1 heterocycles. The second-order valence-electron chi connectivity index (χ2n) is 3.50. The highest BCUT2D eigenvalue weighted by molar-refractivity contribution is 9.10. The lowest BCUT2D eigenvalue weighted by Gasteiger charge is -2.10. The van der Waals surface area contributed by atoms with Gasteiger partial charge in [-0.3, -0.25) is 0 Å². The van der Waals surface area contributed by atoms with E-state index >= 15 is 0 Å². The Hall–Kier alpha value is -1.29. The van der Waals surface area contributed by atoms with Crippen molar-refractivity contribution in [3.05, 3.63) is 39.2 Å². The van der Waals surface area contributed by atoms with E-state index in [2.05, 4.69) is 15.9 Å². The molecule has 0 radical (unpaired) electrons. The number of anilines is 1. The topological polar surface area (TPSA) is 33.5 Å². The molecule has 0 aliphatic heterocycles. The Balaban J connectivity index is 2.76. The molecular weight excluding hydrogens is 258 g/mol. The van der Waals surface area contributed by atoms with Crippen molar-refractivity contribution in [2.45, 2.75) is 0 Å². The molecule has 2 aromatic rings. The first-order valence-electron chi connectivity index (χ1n) is 4.48. The Labute approximate surface area is 95.4 Å². The summed E-state index contributed by atoms with van der Waals surface area (Å²) >= 11 is 3.33. The van der Waals surface area contributed by atoms with Gasteiger partial charge in [0.25, 0.3) is 0 Å². The van der Waals surface area contributed by atoms with E-state index in [1.54, 1.807) is 11.0 Å². The number of hydrogen-bond acceptors (Lipinski definition) is 3. The Morgan fingerprint density at radius 1 is 1.27 bits per heavy atom. The summed E-state index contributed by atoms with van der Waals surface area (Å²) < 4.78 is 6.11. The summed E-state index contributed by atoms with van der Waals surface area (Å²) in [6.45, 7) is 0. The minimum Gasteiger partial charge on any atom is -0.421 e. The second-order valence-corrected chi connectivity index (χ2v) is 4.41. The van der Waals surface area contributed by atoms with Gasteiger partial charge in [0.15, 0.2) is 0 Å². The molecule has 0 fully saturated rings. The van der Waals surface area contributed by atoms with Crippen LogP contribution >= 0.6 is 15.9 Å². The molecule has 1 aromatic carbocycles. The Morgan fingerprint density at radius 2 is 2.00 bits per heavy atom. The van der Waals surface area contributed by atoms with Gasteiger partial charge in [0, 0.05) is 24.0 Å². The van der Waals surface area contributed by atoms with E-state index < -0.39 is 0 Å². The fourth-order valence-corrected chi connectivity index (χ4v) is 1.73. The second kappa shape index (κ2) is 3.70. The zero-order valence-corrected chi connectivity index (χ0v) is 10.0. The number of rotatable bonds is 1. The molecular formula is C11H10BrNO2. The first-order valence-corrected chi connectivity index (χ1v) is 5.28. The number of hydrogen-bond donors (Lipinski definition) is 0. The third-order valence-corrected chi connectivity index (χ3v) is 2.65. The van der Waals surface area contributed by atoms with Crippen LogP contribution in [0.3, 0.4) is 0 Å². The molecule has 3 nitrogen and oxygen atoms in total. The van der Waals surface area contributed by atoms with Crippen LogP contribution in [0.15, 0.2) is 37.9 Å². The Kier molecular flexibility index (Phi) is 2.52. The van der Waals surface area contributed by atoms with Crippen molar-refractivity contribution in [2.24, 2.45) is 0 Å². The zero-order valence-electron chi connectivity index (χ0n) is 8.45. The summed E-state index contributed by atoms with van der Waals surface area (Å²) in [7, 11) is 3.63. The zero-order chi connectivity index (χ0) is 11.0. The van der Waals surface area contributed by atoms with Gasteiger partial charge in [0.2, 0.25) is 0 Å². The largest absolute Gasteiger partial charge is 0.421 e. The molecule has 1 aromatic heterocycles. The molecule has 0 unspecified atom stereocenters. The first-order chi connectivity index (χ1) is 7.08. The lowest BCUT2D eigenvalue weighted by molar-refractivity contribution is 0.560. The average molecular weight is 268 g/mol. The van der Waals surface area contributed by atoms with E-state index in [0.717, 1.165) is 9.86 Å². The van der Waals surface area contributed by atoms with E-state index in [1.807, 2.05) is 32.3 Å². The standard InChI is InChI=1S/C11H10BrNO2/c1-13(2)9-5-7-3-4-8(12)6-10(7)15-11(9)14/h3-6H,1-2H3. The SMILES string of the molecule is CN(C)c1cc2ccc(Br)cc2oc1=O. The Bertz CT molecular complexity index is 560. The van der Waals surface area contributed by atoms with Crippen LogP contribution in [-0.4, -0.2) is 14.1 Å². The van der Waals surface area contributed by atoms with Gasteiger partial charge in [-0.15, -0.1) is 0 Å². The van der Waals surface area contributed by atoms with Gasteiger partial charge in [-0.1, -0.05) is 22.0 Å². The molecule has 0 aliphatic rings. The van der Waals surface area contributed by atoms with Crippen LogP contribution in [0, 0.1) is 0 Å². The van der Waals surface area contributed by atoms with Crippen molar-refractivity contribution in [3.63, 3.8) is 0 Å². The lowest BCUT2D eigenvalue weighted by Crippen LogP contribution is -2.17. The number of benzene rings is 1. The first kappa shape index (κ1) is 10.2. The minimum absolute atomic E-state index is 0.314. The number of halogens is 1. The molecule has 78 valence electrons. The van der Waals surface area contributed by atoms with E-state index in [4.69, 9.17) is 4.42 Å². The van der Waals surface area contributed by atoms with Gasteiger partial charge in [0.1, 0.15) is 11.3 Å². The van der Waals surface area contributed by atoms with Crippen molar-refractivity contribution in [3.8, 4) is 0 Å². The highest BCUT2D eigenvalue weighted by Gasteiger charge is 2.06. The summed E-state index contributed by atoms with van der Waals surface area (Å²) in [5, 5.41) is 0.918. The lowest BCUT2D eigenvalue weighted by atomic mass is 10.2. The van der Waals surface area contributed by atoms with Crippen molar-refractivity contribution >= 4 is 32.6 Å². The third-order valence-electron chi connectivity index (χ3n) is 2.16. The van der Waals surface area contributed by atoms with E-state index in [-0.39, 0.29) is 5.63 Å². The molecule has 0 saturated carbocycles. The molecule has 0 aliphatic carbocycles. The monoisotopic (exact) mass is 267 g/mol. The summed E-state index contributed by atoms with van der Waals surface area (Å²) in [5.41, 5.74) is 0.843. The fraction of sp³-hybridized carbons (Fsp3) is 0.182. The van der Waals surface area contributed by atoms with Crippen LogP contribution in [0.25, 0.3) is 11.0 Å². The van der Waals surface area contributed by atoms with Gasteiger partial charge in [-0.2, -0.15) is 0 Å². The van der Waals surface area contributed by atoms with Crippen LogP contribution in [0.4, 0.5) is 5.69 Å². The van der Waals surface area contributed by atoms with Crippen LogP contribution < -0.4 is 10.5 Å². The molecule has 0 amide bonds. The van der Waals surface area contributed by atoms with E-state index in [1.165, 1.54) is 0 Å². The maximum Gasteiger partial charge on any atom is 0.360 e. The Morgan fingerprint density at radius 3 is 2.67 bits per heavy atom. The van der Waals surface area contributed by atoms with Crippen molar-refractivity contribution < 1.29 is 4.42 Å². The molecule has 2 rings (SSSR count). The summed E-state index contributed by atoms with van der Waals surface area (Å²) in [6, 6.07) is 7.45. The maximum absolute atomic E-state index is 11.6. The van der Waals surface area contributed by atoms with Gasteiger partial charge >= 0.3 is 5.63 Å². The predicted octanol–water partition coefficient (Wildman–Crippen LogP) is 2.62. The summed E-state index contributed by atoms with van der Waals surface area (Å²) in [6.07, 6.45) is 0. The van der Waals surface area contributed by atoms with Crippen molar-refractivity contribution in [1.29, 1.82) is 0 Å². The third kappa shape index (κ3) is 1.90. The van der Waals surface area contributed by atoms with Crippen LogP contribution in [0.5, 0.6) is 0 Å². The molecule has 15 heavy (non-hydrogen) atoms. The number of nitrogens with zero attached hydrogens (tertiary/aromatic N) is 1.